The third-order valence-corrected chi connectivity index (χ3v) is 3.97. The predicted molar refractivity (Wildman–Crippen MR) is 71.2 cm³/mol. The van der Waals surface area contributed by atoms with Gasteiger partial charge in [-0.25, -0.2) is 0 Å². The highest BCUT2D eigenvalue weighted by molar-refractivity contribution is 7.10. The maximum atomic E-state index is 6.25. The van der Waals surface area contributed by atoms with Crippen molar-refractivity contribution in [2.24, 2.45) is 5.73 Å². The van der Waals surface area contributed by atoms with Gasteiger partial charge in [0.25, 0.3) is 0 Å². The largest absolute Gasteiger partial charge is 0.320 e. The van der Waals surface area contributed by atoms with E-state index in [-0.39, 0.29) is 6.04 Å². The van der Waals surface area contributed by atoms with Gasteiger partial charge in [0.2, 0.25) is 0 Å². The Morgan fingerprint density at radius 2 is 1.94 bits per heavy atom. The summed E-state index contributed by atoms with van der Waals surface area (Å²) in [6.45, 7) is 2.15. The standard InChI is InChI=1S/C13H14ClNS/c1-2-9-7-8-16-13(9)12(15)10-3-5-11(14)6-4-10/h3-8,12H,2,15H2,1H3. The van der Waals surface area contributed by atoms with Crippen molar-refractivity contribution in [2.45, 2.75) is 19.4 Å². The fourth-order valence-corrected chi connectivity index (χ4v) is 2.89. The Hall–Kier alpha value is -0.830. The topological polar surface area (TPSA) is 26.0 Å². The van der Waals surface area contributed by atoms with E-state index in [4.69, 9.17) is 17.3 Å². The quantitative estimate of drug-likeness (QED) is 0.876. The minimum absolute atomic E-state index is 0.0350. The van der Waals surface area contributed by atoms with Crippen molar-refractivity contribution in [1.82, 2.24) is 0 Å². The lowest BCUT2D eigenvalue weighted by Crippen LogP contribution is -2.11. The van der Waals surface area contributed by atoms with E-state index in [1.807, 2.05) is 24.3 Å². The summed E-state index contributed by atoms with van der Waals surface area (Å²) in [6, 6.07) is 9.87. The minimum atomic E-state index is -0.0350. The van der Waals surface area contributed by atoms with E-state index in [1.54, 1.807) is 11.3 Å². The molecule has 0 bridgehead atoms. The summed E-state index contributed by atoms with van der Waals surface area (Å²) in [6.07, 6.45) is 1.03. The minimum Gasteiger partial charge on any atom is -0.320 e. The first-order chi connectivity index (χ1) is 7.72. The smallest absolute Gasteiger partial charge is 0.0648 e. The van der Waals surface area contributed by atoms with E-state index in [1.165, 1.54) is 10.4 Å². The van der Waals surface area contributed by atoms with Crippen LogP contribution in [0.15, 0.2) is 35.7 Å². The summed E-state index contributed by atoms with van der Waals surface area (Å²) in [7, 11) is 0. The van der Waals surface area contributed by atoms with Crippen LogP contribution in [0.4, 0.5) is 0 Å². The van der Waals surface area contributed by atoms with Crippen LogP contribution in [-0.4, -0.2) is 0 Å². The Labute approximate surface area is 105 Å². The number of rotatable bonds is 3. The molecule has 0 saturated heterocycles. The van der Waals surface area contributed by atoms with Crippen molar-refractivity contribution in [3.8, 4) is 0 Å². The van der Waals surface area contributed by atoms with Crippen molar-refractivity contribution in [2.75, 3.05) is 0 Å². The summed E-state index contributed by atoms with van der Waals surface area (Å²) in [4.78, 5) is 1.25. The maximum Gasteiger partial charge on any atom is 0.0648 e. The van der Waals surface area contributed by atoms with E-state index in [0.717, 1.165) is 17.0 Å². The van der Waals surface area contributed by atoms with Crippen LogP contribution in [-0.2, 0) is 6.42 Å². The highest BCUT2D eigenvalue weighted by Crippen LogP contribution is 2.28. The number of halogens is 1. The van der Waals surface area contributed by atoms with Gasteiger partial charge >= 0.3 is 0 Å². The molecule has 1 nitrogen and oxygen atoms in total. The fourth-order valence-electron chi connectivity index (χ4n) is 1.73. The molecule has 0 radical (unpaired) electrons. The molecule has 2 N–H and O–H groups in total. The van der Waals surface area contributed by atoms with E-state index in [0.29, 0.717) is 0 Å². The summed E-state index contributed by atoms with van der Waals surface area (Å²) in [5.74, 6) is 0. The number of benzene rings is 1. The van der Waals surface area contributed by atoms with Crippen LogP contribution in [0.1, 0.15) is 29.0 Å². The second kappa shape index (κ2) is 5.00. The van der Waals surface area contributed by atoms with Gasteiger partial charge in [-0.1, -0.05) is 30.7 Å². The maximum absolute atomic E-state index is 6.25. The average molecular weight is 252 g/mol. The van der Waals surface area contributed by atoms with Gasteiger partial charge in [0.15, 0.2) is 0 Å². The summed E-state index contributed by atoms with van der Waals surface area (Å²) in [5.41, 5.74) is 8.71. The second-order valence-electron chi connectivity index (χ2n) is 3.69. The molecular weight excluding hydrogens is 238 g/mol. The normalized spacial score (nSPS) is 12.7. The molecule has 0 saturated carbocycles. The average Bonchev–Trinajstić information content (AvgIpc) is 2.77. The van der Waals surface area contributed by atoms with Gasteiger partial charge in [-0.15, -0.1) is 11.3 Å². The SMILES string of the molecule is CCc1ccsc1C(N)c1ccc(Cl)cc1. The first-order valence-corrected chi connectivity index (χ1v) is 6.55. The lowest BCUT2D eigenvalue weighted by atomic mass is 10.0. The number of aryl methyl sites for hydroxylation is 1. The number of nitrogens with two attached hydrogens (primary N) is 1. The van der Waals surface area contributed by atoms with Crippen molar-refractivity contribution >= 4 is 22.9 Å². The van der Waals surface area contributed by atoms with Crippen LogP contribution in [0.2, 0.25) is 5.02 Å². The number of thiophene rings is 1. The van der Waals surface area contributed by atoms with Crippen LogP contribution in [0.25, 0.3) is 0 Å². The van der Waals surface area contributed by atoms with E-state index in [9.17, 15) is 0 Å². The van der Waals surface area contributed by atoms with Gasteiger partial charge in [0.05, 0.1) is 6.04 Å². The molecule has 0 aliphatic carbocycles. The molecule has 0 amide bonds. The molecule has 1 atom stereocenters. The second-order valence-corrected chi connectivity index (χ2v) is 5.08. The lowest BCUT2D eigenvalue weighted by molar-refractivity contribution is 0.874. The van der Waals surface area contributed by atoms with E-state index in [2.05, 4.69) is 18.4 Å². The van der Waals surface area contributed by atoms with Crippen LogP contribution in [0, 0.1) is 0 Å². The number of hydrogen-bond acceptors (Lipinski definition) is 2. The number of hydrogen-bond donors (Lipinski definition) is 1. The van der Waals surface area contributed by atoms with Gasteiger partial charge in [-0.05, 0) is 41.1 Å². The molecule has 0 fully saturated rings. The molecule has 1 unspecified atom stereocenters. The molecule has 1 aromatic heterocycles. The van der Waals surface area contributed by atoms with Gasteiger partial charge in [0, 0.05) is 9.90 Å². The molecule has 3 heteroatoms. The molecule has 1 heterocycles. The zero-order valence-electron chi connectivity index (χ0n) is 9.11. The zero-order valence-corrected chi connectivity index (χ0v) is 10.7. The molecule has 0 aliphatic heterocycles. The summed E-state index contributed by atoms with van der Waals surface area (Å²) >= 11 is 7.58. The first-order valence-electron chi connectivity index (χ1n) is 5.29. The molecule has 0 aliphatic rings. The van der Waals surface area contributed by atoms with Crippen LogP contribution >= 0.6 is 22.9 Å². The van der Waals surface area contributed by atoms with E-state index < -0.39 is 0 Å². The van der Waals surface area contributed by atoms with Crippen molar-refractivity contribution in [3.63, 3.8) is 0 Å². The molecule has 16 heavy (non-hydrogen) atoms. The van der Waals surface area contributed by atoms with Gasteiger partial charge in [-0.3, -0.25) is 0 Å². The third-order valence-electron chi connectivity index (χ3n) is 2.67. The van der Waals surface area contributed by atoms with Gasteiger partial charge in [0.1, 0.15) is 0 Å². The van der Waals surface area contributed by atoms with Crippen LogP contribution < -0.4 is 5.73 Å². The van der Waals surface area contributed by atoms with Gasteiger partial charge in [-0.2, -0.15) is 0 Å². The van der Waals surface area contributed by atoms with Crippen molar-refractivity contribution < 1.29 is 0 Å². The lowest BCUT2D eigenvalue weighted by Gasteiger charge is -2.12. The Balaban J connectivity index is 2.31. The molecule has 2 aromatic rings. The first kappa shape index (κ1) is 11.6. The zero-order chi connectivity index (χ0) is 11.5. The van der Waals surface area contributed by atoms with Gasteiger partial charge < -0.3 is 5.73 Å². The highest BCUT2D eigenvalue weighted by atomic mass is 35.5. The Morgan fingerprint density at radius 3 is 2.56 bits per heavy atom. The Bertz CT molecular complexity index is 461. The predicted octanol–water partition coefficient (Wildman–Crippen LogP) is 4.01. The van der Waals surface area contributed by atoms with Crippen molar-refractivity contribution in [1.29, 1.82) is 0 Å². The summed E-state index contributed by atoms with van der Waals surface area (Å²) in [5, 5.41) is 2.85. The molecule has 1 aromatic carbocycles. The summed E-state index contributed by atoms with van der Waals surface area (Å²) < 4.78 is 0. The Morgan fingerprint density at radius 1 is 1.25 bits per heavy atom. The molecule has 2 rings (SSSR count). The fraction of sp³-hybridized carbons (Fsp3) is 0.231. The monoisotopic (exact) mass is 251 g/mol. The van der Waals surface area contributed by atoms with Crippen molar-refractivity contribution in [3.05, 3.63) is 56.7 Å². The van der Waals surface area contributed by atoms with Crippen LogP contribution in [0.5, 0.6) is 0 Å². The molecular formula is C13H14ClNS. The van der Waals surface area contributed by atoms with E-state index >= 15 is 0 Å². The highest BCUT2D eigenvalue weighted by Gasteiger charge is 2.13. The Kier molecular flexibility index (Phi) is 3.64. The van der Waals surface area contributed by atoms with Crippen LogP contribution in [0.3, 0.4) is 0 Å². The molecule has 84 valence electrons. The third kappa shape index (κ3) is 2.29. The molecule has 0 spiro atoms.